The summed E-state index contributed by atoms with van der Waals surface area (Å²) in [5, 5.41) is 9.69. The van der Waals surface area contributed by atoms with E-state index >= 15 is 0 Å². The zero-order valence-corrected chi connectivity index (χ0v) is 13.8. The van der Waals surface area contributed by atoms with Gasteiger partial charge in [0.1, 0.15) is 12.7 Å². The molecule has 0 aliphatic heterocycles. The number of carbonyl (C=O) groups is 1. The molecular weight excluding hydrogens is 306 g/mol. The Morgan fingerprint density at radius 3 is 2.67 bits per heavy atom. The Balaban J connectivity index is 1.65. The summed E-state index contributed by atoms with van der Waals surface area (Å²) in [6, 6.07) is 5.11. The minimum atomic E-state index is -0.279. The van der Waals surface area contributed by atoms with Crippen LogP contribution in [-0.2, 0) is 6.54 Å². The molecule has 0 unspecified atom stereocenters. The Morgan fingerprint density at radius 2 is 1.96 bits per heavy atom. The van der Waals surface area contributed by atoms with Crippen molar-refractivity contribution in [2.75, 3.05) is 5.32 Å². The summed E-state index contributed by atoms with van der Waals surface area (Å²) in [6.07, 6.45) is 3.08. The van der Waals surface area contributed by atoms with Gasteiger partial charge in [-0.3, -0.25) is 4.68 Å². The first-order valence-electron chi connectivity index (χ1n) is 7.66. The lowest BCUT2D eigenvalue weighted by molar-refractivity contribution is 0.247. The average molecular weight is 325 g/mol. The van der Waals surface area contributed by atoms with E-state index < -0.39 is 0 Å². The maximum atomic E-state index is 12.1. The summed E-state index contributed by atoms with van der Waals surface area (Å²) in [7, 11) is 0. The fourth-order valence-corrected chi connectivity index (χ4v) is 2.35. The molecule has 0 saturated carbocycles. The summed E-state index contributed by atoms with van der Waals surface area (Å²) >= 11 is 0. The second-order valence-electron chi connectivity index (χ2n) is 5.71. The van der Waals surface area contributed by atoms with Crippen molar-refractivity contribution in [1.29, 1.82) is 0 Å². The highest BCUT2D eigenvalue weighted by Crippen LogP contribution is 2.17. The summed E-state index contributed by atoms with van der Waals surface area (Å²) in [5.74, 6) is 0. The van der Waals surface area contributed by atoms with Crippen molar-refractivity contribution in [3.05, 3.63) is 42.2 Å². The van der Waals surface area contributed by atoms with Crippen molar-refractivity contribution in [1.82, 2.24) is 30.0 Å². The normalized spacial score (nSPS) is 12.1. The molecule has 2 aromatic heterocycles. The Bertz CT molecular complexity index is 860. The third-order valence-corrected chi connectivity index (χ3v) is 3.64. The van der Waals surface area contributed by atoms with Crippen LogP contribution in [0.4, 0.5) is 10.5 Å². The number of rotatable bonds is 4. The zero-order chi connectivity index (χ0) is 17.1. The molecule has 0 fully saturated rings. The fraction of sp³-hybridized carbons (Fsp3) is 0.312. The van der Waals surface area contributed by atoms with Crippen LogP contribution in [0.2, 0.25) is 0 Å². The lowest BCUT2D eigenvalue weighted by Gasteiger charge is -2.14. The number of amides is 2. The molecule has 0 spiro atoms. The highest BCUT2D eigenvalue weighted by molar-refractivity contribution is 5.91. The van der Waals surface area contributed by atoms with Crippen LogP contribution in [0.25, 0.3) is 11.0 Å². The number of hydrogen-bond acceptors (Lipinski definition) is 5. The maximum Gasteiger partial charge on any atom is 0.319 e. The van der Waals surface area contributed by atoms with E-state index in [2.05, 4.69) is 30.7 Å². The van der Waals surface area contributed by atoms with Crippen LogP contribution in [0.3, 0.4) is 0 Å². The van der Waals surface area contributed by atoms with E-state index in [1.807, 2.05) is 39.0 Å². The quantitative estimate of drug-likeness (QED) is 0.765. The monoisotopic (exact) mass is 325 g/mol. The first-order chi connectivity index (χ1) is 11.5. The highest BCUT2D eigenvalue weighted by Gasteiger charge is 2.09. The van der Waals surface area contributed by atoms with E-state index in [4.69, 9.17) is 0 Å². The van der Waals surface area contributed by atoms with Crippen molar-refractivity contribution >= 4 is 22.8 Å². The molecule has 1 aromatic carbocycles. The molecule has 0 bridgehead atoms. The van der Waals surface area contributed by atoms with Crippen LogP contribution < -0.4 is 10.6 Å². The number of nitrogens with zero attached hydrogens (tertiary/aromatic N) is 5. The van der Waals surface area contributed by atoms with Crippen LogP contribution >= 0.6 is 0 Å². The van der Waals surface area contributed by atoms with Gasteiger partial charge >= 0.3 is 6.03 Å². The molecule has 0 radical (unpaired) electrons. The second-order valence-corrected chi connectivity index (χ2v) is 5.71. The highest BCUT2D eigenvalue weighted by atomic mass is 16.2. The number of urea groups is 1. The Labute approximate surface area is 139 Å². The van der Waals surface area contributed by atoms with Gasteiger partial charge in [0.2, 0.25) is 0 Å². The molecule has 3 aromatic rings. The molecule has 124 valence electrons. The molecule has 0 aliphatic carbocycles. The van der Waals surface area contributed by atoms with E-state index in [9.17, 15) is 4.79 Å². The lowest BCUT2D eigenvalue weighted by Crippen LogP contribution is -2.38. The van der Waals surface area contributed by atoms with E-state index in [1.165, 1.54) is 6.33 Å². The Morgan fingerprint density at radius 1 is 1.21 bits per heavy atom. The van der Waals surface area contributed by atoms with Crippen LogP contribution in [0.1, 0.15) is 18.3 Å². The predicted octanol–water partition coefficient (Wildman–Crippen LogP) is 2.05. The molecule has 1 atom stereocenters. The van der Waals surface area contributed by atoms with Gasteiger partial charge in [0.15, 0.2) is 0 Å². The molecule has 8 heteroatoms. The summed E-state index contributed by atoms with van der Waals surface area (Å²) in [6.45, 7) is 6.30. The number of nitrogens with one attached hydrogen (secondary N) is 2. The first kappa shape index (κ1) is 15.9. The third-order valence-electron chi connectivity index (χ3n) is 3.64. The van der Waals surface area contributed by atoms with Gasteiger partial charge in [-0.15, -0.1) is 0 Å². The summed E-state index contributed by atoms with van der Waals surface area (Å²) in [4.78, 5) is 25.0. The lowest BCUT2D eigenvalue weighted by atomic mass is 10.2. The minimum Gasteiger partial charge on any atom is -0.334 e. The Hall–Kier alpha value is -3.03. The van der Waals surface area contributed by atoms with Crippen molar-refractivity contribution < 1.29 is 4.79 Å². The van der Waals surface area contributed by atoms with Gasteiger partial charge in [-0.1, -0.05) is 0 Å². The van der Waals surface area contributed by atoms with Gasteiger partial charge in [0, 0.05) is 11.7 Å². The predicted molar refractivity (Wildman–Crippen MR) is 90.7 cm³/mol. The molecule has 2 amide bonds. The van der Waals surface area contributed by atoms with E-state index in [-0.39, 0.29) is 12.1 Å². The van der Waals surface area contributed by atoms with Gasteiger partial charge in [0.25, 0.3) is 0 Å². The number of aromatic nitrogens is 5. The molecule has 8 nitrogen and oxygen atoms in total. The number of carbonyl (C=O) groups excluding carboxylic acids is 1. The smallest absolute Gasteiger partial charge is 0.319 e. The molecule has 24 heavy (non-hydrogen) atoms. The van der Waals surface area contributed by atoms with E-state index in [0.717, 1.165) is 22.4 Å². The van der Waals surface area contributed by atoms with Gasteiger partial charge in [-0.25, -0.2) is 19.7 Å². The molecule has 2 heterocycles. The van der Waals surface area contributed by atoms with Gasteiger partial charge in [0.05, 0.1) is 29.0 Å². The van der Waals surface area contributed by atoms with Crippen molar-refractivity contribution in [2.24, 2.45) is 0 Å². The van der Waals surface area contributed by atoms with Crippen LogP contribution in [0, 0.1) is 13.8 Å². The van der Waals surface area contributed by atoms with Gasteiger partial charge in [-0.05, 0) is 39.0 Å². The average Bonchev–Trinajstić information content (AvgIpc) is 3.01. The fourth-order valence-electron chi connectivity index (χ4n) is 2.35. The molecule has 3 rings (SSSR count). The largest absolute Gasteiger partial charge is 0.334 e. The number of fused-ring (bicyclic) bond motifs is 1. The van der Waals surface area contributed by atoms with Crippen molar-refractivity contribution in [2.45, 2.75) is 33.4 Å². The summed E-state index contributed by atoms with van der Waals surface area (Å²) < 4.78 is 1.67. The second kappa shape index (κ2) is 6.61. The van der Waals surface area contributed by atoms with E-state index in [0.29, 0.717) is 12.2 Å². The van der Waals surface area contributed by atoms with Crippen molar-refractivity contribution in [3.63, 3.8) is 0 Å². The zero-order valence-electron chi connectivity index (χ0n) is 13.8. The maximum absolute atomic E-state index is 12.1. The number of anilines is 1. The standard InChI is InChI=1S/C16H19N7O/c1-10(7-23-9-17-8-18-23)19-16(24)22-13-4-5-14-15(6-13)21-12(3)11(2)20-14/h4-6,8-10H,7H2,1-3H3,(H2,19,22,24)/t10-/m1/s1. The Kier molecular flexibility index (Phi) is 4.37. The number of hydrogen-bond donors (Lipinski definition) is 2. The first-order valence-corrected chi connectivity index (χ1v) is 7.66. The molecule has 0 aliphatic rings. The third kappa shape index (κ3) is 3.65. The topological polar surface area (TPSA) is 97.6 Å². The van der Waals surface area contributed by atoms with Gasteiger partial charge in [-0.2, -0.15) is 5.10 Å². The number of aryl methyl sites for hydroxylation is 2. The molecule has 0 saturated heterocycles. The van der Waals surface area contributed by atoms with Gasteiger partial charge < -0.3 is 10.6 Å². The SMILES string of the molecule is Cc1nc2ccc(NC(=O)N[C@H](C)Cn3cncn3)cc2nc1C. The molecular formula is C16H19N7O. The molecule has 2 N–H and O–H groups in total. The minimum absolute atomic E-state index is 0.0863. The number of benzene rings is 1. The van der Waals surface area contributed by atoms with Crippen LogP contribution in [0.15, 0.2) is 30.9 Å². The van der Waals surface area contributed by atoms with E-state index in [1.54, 1.807) is 11.0 Å². The van der Waals surface area contributed by atoms with Crippen LogP contribution in [0.5, 0.6) is 0 Å². The summed E-state index contributed by atoms with van der Waals surface area (Å²) in [5.41, 5.74) is 4.02. The van der Waals surface area contributed by atoms with Crippen molar-refractivity contribution in [3.8, 4) is 0 Å². The van der Waals surface area contributed by atoms with Crippen LogP contribution in [-0.4, -0.2) is 36.8 Å².